The van der Waals surface area contributed by atoms with Crippen LogP contribution in [0.2, 0.25) is 0 Å². The van der Waals surface area contributed by atoms with Crippen LogP contribution in [0.3, 0.4) is 0 Å². The van der Waals surface area contributed by atoms with Crippen LogP contribution in [0.1, 0.15) is 53.2 Å². The Hall–Kier alpha value is -1.82. The van der Waals surface area contributed by atoms with Gasteiger partial charge in [0.15, 0.2) is 6.61 Å². The molecule has 2 rings (SSSR count). The van der Waals surface area contributed by atoms with E-state index in [1.807, 2.05) is 0 Å². The Morgan fingerprint density at radius 2 is 2.10 bits per heavy atom. The zero-order valence-corrected chi connectivity index (χ0v) is 11.9. The number of aryl methyl sites for hydroxylation is 1. The Balaban J connectivity index is 1.98. The molecule has 0 aromatic carbocycles. The van der Waals surface area contributed by atoms with Gasteiger partial charge in [-0.15, -0.1) is 0 Å². The second-order valence-electron chi connectivity index (χ2n) is 5.26. The molecular weight excluding hydrogens is 260 g/mol. The summed E-state index contributed by atoms with van der Waals surface area (Å²) in [6.45, 7) is 4.89. The summed E-state index contributed by atoms with van der Waals surface area (Å²) in [5, 5.41) is 12.4. The SMILES string of the molecule is Cc1[nH]c(C(=O)OCC(=O)NC2CC2)c(C)c1[C@@H](C)O. The molecule has 1 amide bonds. The van der Waals surface area contributed by atoms with Crippen LogP contribution >= 0.6 is 0 Å². The number of carbonyl (C=O) groups excluding carboxylic acids is 2. The summed E-state index contributed by atoms with van der Waals surface area (Å²) in [5.41, 5.74) is 2.37. The zero-order valence-electron chi connectivity index (χ0n) is 11.9. The first-order chi connectivity index (χ1) is 9.40. The van der Waals surface area contributed by atoms with E-state index in [1.54, 1.807) is 20.8 Å². The van der Waals surface area contributed by atoms with Crippen LogP contribution in [0.25, 0.3) is 0 Å². The molecule has 0 aliphatic heterocycles. The summed E-state index contributed by atoms with van der Waals surface area (Å²) in [6, 6.07) is 0.248. The molecular formula is C14H20N2O4. The lowest BCUT2D eigenvalue weighted by Gasteiger charge is -2.06. The van der Waals surface area contributed by atoms with Crippen molar-refractivity contribution in [3.63, 3.8) is 0 Å². The molecule has 20 heavy (non-hydrogen) atoms. The maximum Gasteiger partial charge on any atom is 0.355 e. The van der Waals surface area contributed by atoms with Crippen molar-refractivity contribution in [3.8, 4) is 0 Å². The van der Waals surface area contributed by atoms with Crippen LogP contribution in [0.5, 0.6) is 0 Å². The van der Waals surface area contributed by atoms with Gasteiger partial charge in [0.2, 0.25) is 0 Å². The van der Waals surface area contributed by atoms with Gasteiger partial charge in [0, 0.05) is 17.3 Å². The molecule has 6 nitrogen and oxygen atoms in total. The monoisotopic (exact) mass is 280 g/mol. The van der Waals surface area contributed by atoms with E-state index in [-0.39, 0.29) is 24.2 Å². The molecule has 0 radical (unpaired) electrons. The number of aromatic amines is 1. The lowest BCUT2D eigenvalue weighted by Crippen LogP contribution is -2.30. The second kappa shape index (κ2) is 5.66. The van der Waals surface area contributed by atoms with Crippen molar-refractivity contribution in [1.29, 1.82) is 0 Å². The van der Waals surface area contributed by atoms with Gasteiger partial charge < -0.3 is 20.1 Å². The standard InChI is InChI=1S/C14H20N2O4/c1-7-12(9(3)17)8(2)15-13(7)14(19)20-6-11(18)16-10-4-5-10/h9-10,15,17H,4-6H2,1-3H3,(H,16,18)/t9-/m1/s1. The highest BCUT2D eigenvalue weighted by Gasteiger charge is 2.25. The number of hydrogen-bond donors (Lipinski definition) is 3. The van der Waals surface area contributed by atoms with Crippen LogP contribution < -0.4 is 5.32 Å². The van der Waals surface area contributed by atoms with E-state index in [2.05, 4.69) is 10.3 Å². The van der Waals surface area contributed by atoms with Crippen molar-refractivity contribution in [3.05, 3.63) is 22.5 Å². The molecule has 1 aromatic heterocycles. The summed E-state index contributed by atoms with van der Waals surface area (Å²) in [6.07, 6.45) is 1.32. The highest BCUT2D eigenvalue weighted by Crippen LogP contribution is 2.24. The largest absolute Gasteiger partial charge is 0.451 e. The fourth-order valence-electron chi connectivity index (χ4n) is 2.30. The maximum absolute atomic E-state index is 11.9. The lowest BCUT2D eigenvalue weighted by atomic mass is 10.1. The summed E-state index contributed by atoms with van der Waals surface area (Å²) in [5.74, 6) is -0.860. The average molecular weight is 280 g/mol. The molecule has 1 heterocycles. The number of H-pyrrole nitrogens is 1. The minimum atomic E-state index is -0.661. The molecule has 110 valence electrons. The minimum absolute atomic E-state index is 0.248. The Kier molecular flexibility index (Phi) is 4.13. The van der Waals surface area contributed by atoms with Crippen LogP contribution in [0.15, 0.2) is 0 Å². The van der Waals surface area contributed by atoms with Gasteiger partial charge in [-0.05, 0) is 39.2 Å². The van der Waals surface area contributed by atoms with Crippen molar-refractivity contribution in [1.82, 2.24) is 10.3 Å². The summed E-state index contributed by atoms with van der Waals surface area (Å²) < 4.78 is 4.98. The molecule has 1 aliphatic rings. The number of rotatable bonds is 5. The summed E-state index contributed by atoms with van der Waals surface area (Å²) in [7, 11) is 0. The molecule has 1 aliphatic carbocycles. The van der Waals surface area contributed by atoms with Gasteiger partial charge in [-0.3, -0.25) is 4.79 Å². The first kappa shape index (κ1) is 14.6. The number of aromatic nitrogens is 1. The number of hydrogen-bond acceptors (Lipinski definition) is 4. The van der Waals surface area contributed by atoms with Gasteiger partial charge in [0.25, 0.3) is 5.91 Å². The summed E-state index contributed by atoms with van der Waals surface area (Å²) in [4.78, 5) is 26.3. The number of carbonyl (C=O) groups is 2. The fraction of sp³-hybridized carbons (Fsp3) is 0.571. The smallest absolute Gasteiger partial charge is 0.355 e. The minimum Gasteiger partial charge on any atom is -0.451 e. The van der Waals surface area contributed by atoms with Gasteiger partial charge in [-0.25, -0.2) is 4.79 Å². The first-order valence-corrected chi connectivity index (χ1v) is 6.73. The number of nitrogens with one attached hydrogen (secondary N) is 2. The number of amides is 1. The van der Waals surface area contributed by atoms with Crippen molar-refractivity contribution in [2.45, 2.75) is 45.8 Å². The third kappa shape index (κ3) is 3.19. The highest BCUT2D eigenvalue weighted by molar-refractivity contribution is 5.91. The third-order valence-electron chi connectivity index (χ3n) is 3.39. The molecule has 1 fully saturated rings. The molecule has 0 unspecified atom stereocenters. The van der Waals surface area contributed by atoms with Crippen molar-refractivity contribution >= 4 is 11.9 Å². The molecule has 1 saturated carbocycles. The zero-order chi connectivity index (χ0) is 14.9. The first-order valence-electron chi connectivity index (χ1n) is 6.73. The number of ether oxygens (including phenoxy) is 1. The Morgan fingerprint density at radius 3 is 2.60 bits per heavy atom. The molecule has 0 saturated heterocycles. The number of aliphatic hydroxyl groups is 1. The number of aliphatic hydroxyl groups excluding tert-OH is 1. The van der Waals surface area contributed by atoms with Crippen molar-refractivity contribution < 1.29 is 19.4 Å². The van der Waals surface area contributed by atoms with Gasteiger partial charge in [0.1, 0.15) is 5.69 Å². The van der Waals surface area contributed by atoms with E-state index in [4.69, 9.17) is 4.74 Å². The number of esters is 1. The summed E-state index contributed by atoms with van der Waals surface area (Å²) >= 11 is 0. The lowest BCUT2D eigenvalue weighted by molar-refractivity contribution is -0.124. The van der Waals surface area contributed by atoms with Gasteiger partial charge in [-0.1, -0.05) is 0 Å². The molecule has 6 heteroatoms. The van der Waals surface area contributed by atoms with Gasteiger partial charge >= 0.3 is 5.97 Å². The van der Waals surface area contributed by atoms with E-state index in [0.29, 0.717) is 11.1 Å². The normalized spacial score (nSPS) is 15.8. The Morgan fingerprint density at radius 1 is 1.45 bits per heavy atom. The third-order valence-corrected chi connectivity index (χ3v) is 3.39. The van der Waals surface area contributed by atoms with E-state index in [1.165, 1.54) is 0 Å². The Bertz CT molecular complexity index is 530. The van der Waals surface area contributed by atoms with Gasteiger partial charge in [0.05, 0.1) is 6.10 Å². The predicted octanol–water partition coefficient (Wildman–Crippen LogP) is 1.12. The van der Waals surface area contributed by atoms with Crippen LogP contribution in [-0.4, -0.2) is 34.6 Å². The fourth-order valence-corrected chi connectivity index (χ4v) is 2.30. The molecule has 0 bridgehead atoms. The van der Waals surface area contributed by atoms with Crippen LogP contribution in [0, 0.1) is 13.8 Å². The van der Waals surface area contributed by atoms with E-state index in [9.17, 15) is 14.7 Å². The highest BCUT2D eigenvalue weighted by atomic mass is 16.5. The average Bonchev–Trinajstić information content (AvgIpc) is 3.11. The van der Waals surface area contributed by atoms with Crippen molar-refractivity contribution in [2.24, 2.45) is 0 Å². The maximum atomic E-state index is 11.9. The van der Waals surface area contributed by atoms with E-state index in [0.717, 1.165) is 18.5 Å². The Labute approximate surface area is 117 Å². The van der Waals surface area contributed by atoms with Crippen LogP contribution in [-0.2, 0) is 9.53 Å². The molecule has 0 spiro atoms. The molecule has 1 aromatic rings. The van der Waals surface area contributed by atoms with Crippen molar-refractivity contribution in [2.75, 3.05) is 6.61 Å². The second-order valence-corrected chi connectivity index (χ2v) is 5.26. The van der Waals surface area contributed by atoms with E-state index < -0.39 is 12.1 Å². The quantitative estimate of drug-likeness (QED) is 0.705. The topological polar surface area (TPSA) is 91.4 Å². The van der Waals surface area contributed by atoms with Gasteiger partial charge in [-0.2, -0.15) is 0 Å². The molecule has 3 N–H and O–H groups in total. The predicted molar refractivity (Wildman–Crippen MR) is 72.3 cm³/mol. The molecule has 1 atom stereocenters. The van der Waals surface area contributed by atoms with E-state index >= 15 is 0 Å². The van der Waals surface area contributed by atoms with Crippen LogP contribution in [0.4, 0.5) is 0 Å².